The molecule has 17 heteroatoms. The minimum absolute atomic E-state index is 0.0643. The summed E-state index contributed by atoms with van der Waals surface area (Å²) in [5.41, 5.74) is 6.39. The minimum atomic E-state index is -3.49. The molecule has 38 heavy (non-hydrogen) atoms. The van der Waals surface area contributed by atoms with Gasteiger partial charge in [0.05, 0.1) is 22.0 Å². The second kappa shape index (κ2) is 13.1. The highest BCUT2D eigenvalue weighted by molar-refractivity contribution is 7.92. The quantitative estimate of drug-likeness (QED) is 0.142. The van der Waals surface area contributed by atoms with Gasteiger partial charge in [0, 0.05) is 35.7 Å². The van der Waals surface area contributed by atoms with Crippen LogP contribution in [0.15, 0.2) is 56.4 Å². The fourth-order valence-corrected chi connectivity index (χ4v) is 5.42. The number of urea groups is 1. The van der Waals surface area contributed by atoms with Crippen molar-refractivity contribution in [3.05, 3.63) is 42.5 Å². The van der Waals surface area contributed by atoms with Gasteiger partial charge in [-0.05, 0) is 36.4 Å². The number of amides is 2. The molecule has 3 aromatic rings. The molecule has 0 atom stereocenters. The van der Waals surface area contributed by atoms with Crippen molar-refractivity contribution in [2.75, 3.05) is 46.4 Å². The predicted molar refractivity (Wildman–Crippen MR) is 154 cm³/mol. The maximum atomic E-state index is 14.0. The van der Waals surface area contributed by atoms with Gasteiger partial charge in [-0.25, -0.2) is 13.2 Å². The second-order valence-electron chi connectivity index (χ2n) is 7.61. The molecule has 0 aliphatic rings. The van der Waals surface area contributed by atoms with E-state index in [0.29, 0.717) is 23.7 Å². The second-order valence-corrected chi connectivity index (χ2v) is 11.1. The predicted octanol–water partition coefficient (Wildman–Crippen LogP) is 4.02. The van der Waals surface area contributed by atoms with E-state index in [1.807, 2.05) is 0 Å². The number of halogens is 1. The molecule has 202 valence electrons. The Morgan fingerprint density at radius 3 is 2.45 bits per heavy atom. The van der Waals surface area contributed by atoms with Gasteiger partial charge in [-0.2, -0.15) is 44.6 Å². The number of nitrogens with one attached hydrogen (secondary N) is 2. The van der Waals surface area contributed by atoms with E-state index in [2.05, 4.69) is 73.7 Å². The van der Waals surface area contributed by atoms with Gasteiger partial charge in [-0.3, -0.25) is 0 Å². The number of aromatic nitrogens is 3. The summed E-state index contributed by atoms with van der Waals surface area (Å²) in [5, 5.41) is 13.6. The number of nitrogens with two attached hydrogens (primary N) is 1. The number of hydrogen-bond acceptors (Lipinski definition) is 13. The van der Waals surface area contributed by atoms with Gasteiger partial charge in [0.25, 0.3) is 0 Å². The van der Waals surface area contributed by atoms with Crippen LogP contribution < -0.4 is 21.3 Å². The van der Waals surface area contributed by atoms with Crippen LogP contribution >= 0.6 is 37.9 Å². The van der Waals surface area contributed by atoms with Crippen molar-refractivity contribution in [1.29, 1.82) is 0 Å². The number of carbonyl (C=O) groups excluding carboxylic acids is 1. The van der Waals surface area contributed by atoms with Crippen LogP contribution in [0.3, 0.4) is 0 Å². The van der Waals surface area contributed by atoms with Crippen LogP contribution in [0.25, 0.3) is 0 Å². The van der Waals surface area contributed by atoms with E-state index in [1.54, 1.807) is 18.0 Å². The lowest BCUT2D eigenvalue weighted by Crippen LogP contribution is -2.23. The smallest absolute Gasteiger partial charge is 0.316 e. The van der Waals surface area contributed by atoms with Gasteiger partial charge in [0.1, 0.15) is 5.69 Å². The fourth-order valence-electron chi connectivity index (χ4n) is 3.01. The maximum absolute atomic E-state index is 14.0. The molecule has 0 saturated heterocycles. The Balaban J connectivity index is 1.88. The van der Waals surface area contributed by atoms with Crippen molar-refractivity contribution in [1.82, 2.24) is 15.0 Å². The monoisotopic (exact) mass is 597 g/mol. The number of hydrogen-bond donors (Lipinski definition) is 6. The summed E-state index contributed by atoms with van der Waals surface area (Å²) in [6, 6.07) is 7.97. The van der Waals surface area contributed by atoms with Crippen LogP contribution in [0.2, 0.25) is 0 Å². The van der Waals surface area contributed by atoms with E-state index in [1.165, 1.54) is 30.3 Å². The van der Waals surface area contributed by atoms with E-state index in [-0.39, 0.29) is 44.6 Å². The number of carbonyl (C=O) groups is 1. The van der Waals surface area contributed by atoms with Crippen LogP contribution in [0.1, 0.15) is 0 Å². The fraction of sp³-hybridized carbons (Fsp3) is 0.238. The van der Waals surface area contributed by atoms with E-state index < -0.39 is 21.9 Å². The lowest BCUT2D eigenvalue weighted by atomic mass is 10.2. The molecule has 0 fully saturated rings. The molecule has 0 aliphatic heterocycles. The molecule has 0 unspecified atom stereocenters. The SMILES string of the molecule is CN(CCS)c1nc(F)nc(Nc2ccc(N=Nc3ccc(S(=O)(=O)CCS)cc3S)c(NC(N)=O)c2)n1. The van der Waals surface area contributed by atoms with Gasteiger partial charge < -0.3 is 21.3 Å². The zero-order valence-corrected chi connectivity index (χ0v) is 23.4. The van der Waals surface area contributed by atoms with Crippen LogP contribution in [0.4, 0.5) is 43.8 Å². The summed E-state index contributed by atoms with van der Waals surface area (Å²) in [6.07, 6.45) is -0.976. The summed E-state index contributed by atoms with van der Waals surface area (Å²) in [4.78, 5) is 25.1. The highest BCUT2D eigenvalue weighted by Gasteiger charge is 2.15. The number of thiol groups is 3. The maximum Gasteiger partial charge on any atom is 0.316 e. The topological polar surface area (TPSA) is 168 Å². The lowest BCUT2D eigenvalue weighted by Gasteiger charge is -2.16. The standard InChI is InChI=1S/C21H24FN9O3S4/c1-31(6-7-35)21-27-18(22)26-20(28-21)24-12-2-4-14(16(10-12)25-19(23)32)29-30-15-5-3-13(11-17(15)37)38(33,34)9-8-36/h2-5,10-11,35-37H,6-9H2,1H3,(H3,23,25,32)(H,24,26,27,28). The van der Waals surface area contributed by atoms with Gasteiger partial charge >= 0.3 is 12.1 Å². The normalized spacial score (nSPS) is 11.5. The third-order valence-electron chi connectivity index (χ3n) is 4.82. The first-order chi connectivity index (χ1) is 18.0. The average Bonchev–Trinajstić information content (AvgIpc) is 2.83. The van der Waals surface area contributed by atoms with E-state index in [9.17, 15) is 17.6 Å². The number of nitrogens with zero attached hydrogens (tertiary/aromatic N) is 6. The zero-order valence-electron chi connectivity index (χ0n) is 19.9. The molecular formula is C21H24FN9O3S4. The molecule has 4 N–H and O–H groups in total. The average molecular weight is 598 g/mol. The van der Waals surface area contributed by atoms with Crippen molar-refractivity contribution in [3.8, 4) is 0 Å². The number of rotatable bonds is 11. The summed E-state index contributed by atoms with van der Waals surface area (Å²) >= 11 is 12.4. The highest BCUT2D eigenvalue weighted by atomic mass is 32.2. The highest BCUT2D eigenvalue weighted by Crippen LogP contribution is 2.33. The first-order valence-corrected chi connectivity index (χ1v) is 14.2. The Bertz CT molecular complexity index is 1460. The molecule has 0 saturated carbocycles. The van der Waals surface area contributed by atoms with Crippen LogP contribution in [-0.4, -0.2) is 60.3 Å². The number of azo groups is 1. The Hall–Kier alpha value is -3.15. The summed E-state index contributed by atoms with van der Waals surface area (Å²) < 4.78 is 38.5. The van der Waals surface area contributed by atoms with Crippen molar-refractivity contribution in [2.45, 2.75) is 9.79 Å². The minimum Gasteiger partial charge on any atom is -0.351 e. The van der Waals surface area contributed by atoms with Gasteiger partial charge in [0.2, 0.25) is 11.9 Å². The molecule has 12 nitrogen and oxygen atoms in total. The molecule has 1 heterocycles. The molecule has 0 radical (unpaired) electrons. The molecule has 2 amide bonds. The van der Waals surface area contributed by atoms with E-state index in [0.717, 1.165) is 0 Å². The van der Waals surface area contributed by atoms with Gasteiger partial charge in [-0.15, -0.1) is 22.9 Å². The first-order valence-electron chi connectivity index (χ1n) is 10.8. The van der Waals surface area contributed by atoms with Crippen LogP contribution in [-0.2, 0) is 9.84 Å². The third-order valence-corrected chi connectivity index (χ3v) is 7.61. The molecule has 1 aromatic heterocycles. The third kappa shape index (κ3) is 7.92. The number of sulfone groups is 1. The molecule has 0 bridgehead atoms. The van der Waals surface area contributed by atoms with Crippen LogP contribution in [0, 0.1) is 6.08 Å². The van der Waals surface area contributed by atoms with Crippen LogP contribution in [0.5, 0.6) is 0 Å². The molecule has 3 rings (SSSR count). The number of anilines is 4. The number of primary amides is 1. The summed E-state index contributed by atoms with van der Waals surface area (Å²) in [7, 11) is -1.80. The number of benzene rings is 2. The first kappa shape index (κ1) is 29.4. The largest absolute Gasteiger partial charge is 0.351 e. The van der Waals surface area contributed by atoms with Crippen molar-refractivity contribution < 1.29 is 17.6 Å². The van der Waals surface area contributed by atoms with Crippen molar-refractivity contribution >= 4 is 88.4 Å². The molecule has 2 aromatic carbocycles. The Kier molecular flexibility index (Phi) is 10.1. The lowest BCUT2D eigenvalue weighted by molar-refractivity contribution is 0.259. The van der Waals surface area contributed by atoms with E-state index >= 15 is 0 Å². The van der Waals surface area contributed by atoms with Gasteiger partial charge in [0.15, 0.2) is 9.84 Å². The van der Waals surface area contributed by atoms with E-state index in [4.69, 9.17) is 5.73 Å². The van der Waals surface area contributed by atoms with Crippen molar-refractivity contribution in [2.24, 2.45) is 16.0 Å². The zero-order chi connectivity index (χ0) is 27.9. The Morgan fingerprint density at radius 2 is 1.79 bits per heavy atom. The molecule has 0 spiro atoms. The molecule has 0 aliphatic carbocycles. The summed E-state index contributed by atoms with van der Waals surface area (Å²) in [6.45, 7) is 0.487. The Morgan fingerprint density at radius 1 is 1.08 bits per heavy atom. The summed E-state index contributed by atoms with van der Waals surface area (Å²) in [5.74, 6) is 0.631. The van der Waals surface area contributed by atoms with Crippen molar-refractivity contribution in [3.63, 3.8) is 0 Å². The van der Waals surface area contributed by atoms with Gasteiger partial charge in [-0.1, -0.05) is 0 Å². The molecular weight excluding hydrogens is 574 g/mol. The Labute approximate surface area is 234 Å².